The van der Waals surface area contributed by atoms with Gasteiger partial charge in [0.2, 0.25) is 5.91 Å². The van der Waals surface area contributed by atoms with Gasteiger partial charge in [-0.15, -0.1) is 0 Å². The summed E-state index contributed by atoms with van der Waals surface area (Å²) in [5.41, 5.74) is -0.280. The molecule has 0 aliphatic carbocycles. The van der Waals surface area contributed by atoms with Crippen molar-refractivity contribution in [3.05, 3.63) is 33.7 Å². The molecule has 0 radical (unpaired) electrons. The van der Waals surface area contributed by atoms with Gasteiger partial charge in [-0.25, -0.2) is 4.98 Å². The van der Waals surface area contributed by atoms with Crippen LogP contribution in [0, 0.1) is 15.3 Å². The first kappa shape index (κ1) is 10.1. The molecule has 0 N–H and O–H groups in total. The second-order valence-electron chi connectivity index (χ2n) is 2.44. The molecule has 1 heterocycles. The van der Waals surface area contributed by atoms with Gasteiger partial charge in [0.05, 0.1) is 11.0 Å². The molecule has 0 fully saturated rings. The zero-order valence-electron chi connectivity index (χ0n) is 7.21. The fourth-order valence-corrected chi connectivity index (χ4v) is 0.794. The summed E-state index contributed by atoms with van der Waals surface area (Å²) in [6, 6.07) is 2.08. The summed E-state index contributed by atoms with van der Waals surface area (Å²) in [6.45, 7) is 1.05. The molecule has 74 valence electrons. The predicted octanol–water partition coefficient (Wildman–Crippen LogP) is 0.841. The number of nitro groups is 1. The summed E-state index contributed by atoms with van der Waals surface area (Å²) in [5, 5.41) is 21.3. The van der Waals surface area contributed by atoms with Gasteiger partial charge in [0.1, 0.15) is 5.82 Å². The minimum Gasteiger partial charge on any atom is -0.751 e. The predicted molar refractivity (Wildman–Crippen MR) is 47.4 cm³/mol. The molecule has 1 aromatic rings. The SMILES string of the molecule is CC(=O)N([O-])c1cc([N+](=O)[O-])ccn1. The Hall–Kier alpha value is -2.02. The number of aromatic nitrogens is 1. The van der Waals surface area contributed by atoms with Crippen LogP contribution in [-0.2, 0) is 4.79 Å². The molecule has 0 atom stereocenters. The van der Waals surface area contributed by atoms with Gasteiger partial charge in [-0.3, -0.25) is 14.9 Å². The summed E-state index contributed by atoms with van der Waals surface area (Å²) in [4.78, 5) is 23.8. The highest BCUT2D eigenvalue weighted by Crippen LogP contribution is 2.17. The number of carbonyl (C=O) groups excluding carboxylic acids is 1. The van der Waals surface area contributed by atoms with E-state index in [0.29, 0.717) is 0 Å². The molecule has 0 aliphatic heterocycles. The fraction of sp³-hybridized carbons (Fsp3) is 0.143. The monoisotopic (exact) mass is 196 g/mol. The maximum atomic E-state index is 11.0. The number of rotatable bonds is 2. The van der Waals surface area contributed by atoms with Gasteiger partial charge in [0.25, 0.3) is 5.69 Å². The summed E-state index contributed by atoms with van der Waals surface area (Å²) in [6.07, 6.45) is 1.10. The third kappa shape index (κ3) is 2.02. The van der Waals surface area contributed by atoms with Crippen LogP contribution in [0.1, 0.15) is 6.92 Å². The standard InChI is InChI=1S/C7H6N3O4/c1-5(11)9(12)7-4-6(10(13)14)2-3-8-7/h2-4H,1H3/q-1. The molecule has 0 aromatic carbocycles. The molecule has 0 saturated carbocycles. The lowest BCUT2D eigenvalue weighted by atomic mass is 10.4. The third-order valence-corrected chi connectivity index (χ3v) is 1.43. The molecule has 0 unspecified atom stereocenters. The van der Waals surface area contributed by atoms with E-state index in [1.54, 1.807) is 0 Å². The number of hydrogen-bond donors (Lipinski definition) is 0. The topological polar surface area (TPSA) is 99.4 Å². The number of carbonyl (C=O) groups is 1. The number of hydroxylamine groups is 1. The lowest BCUT2D eigenvalue weighted by Crippen LogP contribution is -2.21. The van der Waals surface area contributed by atoms with Crippen LogP contribution in [0.25, 0.3) is 0 Å². The average molecular weight is 196 g/mol. The van der Waals surface area contributed by atoms with E-state index in [1.807, 2.05) is 0 Å². The van der Waals surface area contributed by atoms with Gasteiger partial charge >= 0.3 is 0 Å². The molecule has 7 heteroatoms. The molecule has 0 saturated heterocycles. The van der Waals surface area contributed by atoms with Crippen LogP contribution in [0.15, 0.2) is 18.3 Å². The minimum absolute atomic E-state index is 0.00694. The number of nitrogens with zero attached hydrogens (tertiary/aromatic N) is 3. The van der Waals surface area contributed by atoms with Crippen LogP contribution in [0.4, 0.5) is 11.5 Å². The van der Waals surface area contributed by atoms with Gasteiger partial charge in [-0.1, -0.05) is 0 Å². The van der Waals surface area contributed by atoms with Crippen molar-refractivity contribution in [1.82, 2.24) is 4.98 Å². The smallest absolute Gasteiger partial charge is 0.274 e. The van der Waals surface area contributed by atoms with E-state index in [-0.39, 0.29) is 16.6 Å². The maximum absolute atomic E-state index is 11.0. The molecule has 14 heavy (non-hydrogen) atoms. The van der Waals surface area contributed by atoms with Crippen LogP contribution < -0.4 is 5.06 Å². The second-order valence-corrected chi connectivity index (χ2v) is 2.44. The largest absolute Gasteiger partial charge is 0.751 e. The van der Waals surface area contributed by atoms with Crippen molar-refractivity contribution in [1.29, 1.82) is 0 Å². The lowest BCUT2D eigenvalue weighted by Gasteiger charge is -2.24. The Labute approximate surface area is 78.7 Å². The Morgan fingerprint density at radius 2 is 2.29 bits per heavy atom. The van der Waals surface area contributed by atoms with E-state index in [0.717, 1.165) is 25.3 Å². The molecule has 0 aliphatic rings. The molecular formula is C7H6N3O4-. The first-order valence-corrected chi connectivity index (χ1v) is 3.60. The van der Waals surface area contributed by atoms with Gasteiger partial charge in [-0.2, -0.15) is 0 Å². The summed E-state index contributed by atoms with van der Waals surface area (Å²) in [7, 11) is 0. The normalized spacial score (nSPS) is 9.57. The lowest BCUT2D eigenvalue weighted by molar-refractivity contribution is -0.384. The van der Waals surface area contributed by atoms with E-state index in [4.69, 9.17) is 0 Å². The number of hydrogen-bond acceptors (Lipinski definition) is 5. The minimum atomic E-state index is -0.780. The van der Waals surface area contributed by atoms with Gasteiger partial charge in [0.15, 0.2) is 0 Å². The van der Waals surface area contributed by atoms with Crippen molar-refractivity contribution in [2.75, 3.05) is 5.06 Å². The average Bonchev–Trinajstić information content (AvgIpc) is 2.16. The van der Waals surface area contributed by atoms with Gasteiger partial charge in [0, 0.05) is 19.2 Å². The maximum Gasteiger partial charge on any atom is 0.274 e. The van der Waals surface area contributed by atoms with Crippen molar-refractivity contribution in [2.45, 2.75) is 6.92 Å². The molecule has 0 spiro atoms. The summed E-state index contributed by atoms with van der Waals surface area (Å²) >= 11 is 0. The summed E-state index contributed by atoms with van der Waals surface area (Å²) < 4.78 is 0. The Bertz CT molecular complexity index is 379. The third-order valence-electron chi connectivity index (χ3n) is 1.43. The highest BCUT2D eigenvalue weighted by molar-refractivity contribution is 5.91. The number of pyridine rings is 1. The van der Waals surface area contributed by atoms with E-state index in [2.05, 4.69) is 4.98 Å². The van der Waals surface area contributed by atoms with Crippen molar-refractivity contribution < 1.29 is 9.72 Å². The van der Waals surface area contributed by atoms with Crippen molar-refractivity contribution in [2.24, 2.45) is 0 Å². The van der Waals surface area contributed by atoms with E-state index >= 15 is 0 Å². The zero-order valence-corrected chi connectivity index (χ0v) is 7.21. The Morgan fingerprint density at radius 3 is 2.79 bits per heavy atom. The summed E-state index contributed by atoms with van der Waals surface area (Å²) in [5.74, 6) is -1.07. The van der Waals surface area contributed by atoms with Crippen LogP contribution in [0.2, 0.25) is 0 Å². The molecule has 1 rings (SSSR count). The zero-order chi connectivity index (χ0) is 10.7. The molecule has 7 nitrogen and oxygen atoms in total. The second kappa shape index (κ2) is 3.79. The van der Waals surface area contributed by atoms with Crippen LogP contribution in [0.5, 0.6) is 0 Å². The van der Waals surface area contributed by atoms with Crippen molar-refractivity contribution >= 4 is 17.4 Å². The first-order valence-electron chi connectivity index (χ1n) is 3.60. The Balaban J connectivity index is 3.05. The van der Waals surface area contributed by atoms with Crippen LogP contribution in [0.3, 0.4) is 0 Å². The van der Waals surface area contributed by atoms with E-state index in [9.17, 15) is 20.1 Å². The Kier molecular flexibility index (Phi) is 2.73. The van der Waals surface area contributed by atoms with Gasteiger partial charge < -0.3 is 10.3 Å². The Morgan fingerprint density at radius 1 is 1.64 bits per heavy atom. The van der Waals surface area contributed by atoms with Crippen LogP contribution >= 0.6 is 0 Å². The molecule has 1 aromatic heterocycles. The number of anilines is 1. The number of amides is 1. The van der Waals surface area contributed by atoms with Gasteiger partial charge in [-0.05, 0) is 0 Å². The van der Waals surface area contributed by atoms with E-state index in [1.165, 1.54) is 0 Å². The highest BCUT2D eigenvalue weighted by Gasteiger charge is 2.08. The van der Waals surface area contributed by atoms with Crippen molar-refractivity contribution in [3.63, 3.8) is 0 Å². The molecule has 0 bridgehead atoms. The quantitative estimate of drug-likeness (QED) is 0.515. The fourth-order valence-electron chi connectivity index (χ4n) is 0.794. The molecular weight excluding hydrogens is 190 g/mol. The highest BCUT2D eigenvalue weighted by atomic mass is 16.6. The first-order chi connectivity index (χ1) is 6.52. The molecule has 1 amide bonds. The van der Waals surface area contributed by atoms with E-state index < -0.39 is 10.8 Å². The van der Waals surface area contributed by atoms with Crippen LogP contribution in [-0.4, -0.2) is 15.8 Å². The van der Waals surface area contributed by atoms with Crippen molar-refractivity contribution in [3.8, 4) is 0 Å².